The van der Waals surface area contributed by atoms with Gasteiger partial charge in [0, 0.05) is 22.1 Å². The average Bonchev–Trinajstić information content (AvgIpc) is 2.92. The molecule has 0 amide bonds. The fourth-order valence-electron chi connectivity index (χ4n) is 4.45. The minimum atomic E-state index is 0.668. The highest BCUT2D eigenvalue weighted by Crippen LogP contribution is 2.50. The summed E-state index contributed by atoms with van der Waals surface area (Å²) in [5.41, 5.74) is 7.59. The molecule has 0 spiro atoms. The van der Waals surface area contributed by atoms with E-state index in [2.05, 4.69) is 30.3 Å². The number of rotatable bonds is 7. The topological polar surface area (TPSA) is 51.5 Å². The van der Waals surface area contributed by atoms with Crippen molar-refractivity contribution in [1.29, 1.82) is 5.26 Å². The molecule has 0 N–H and O–H groups in total. The van der Waals surface area contributed by atoms with Gasteiger partial charge >= 0.3 is 0 Å². The third-order valence-corrected chi connectivity index (χ3v) is 6.96. The summed E-state index contributed by atoms with van der Waals surface area (Å²) in [4.78, 5) is 0.957. The largest absolute Gasteiger partial charge is 0.497 e. The summed E-state index contributed by atoms with van der Waals surface area (Å²) >= 11 is 1.59. The molecule has 0 unspecified atom stereocenters. The standard InChI is InChI=1S/C30H27NO3S/c1-19-25(18-31)30(35-5)29(20-9-7-6-8-10-20)28(21-11-13-22(32-2)14-12-21)27(19)24-16-15-23(33-3)17-26(24)34-4/h6-17H,1-5H3. The number of nitrogens with zero attached hydrogens (tertiary/aromatic N) is 1. The van der Waals surface area contributed by atoms with Gasteiger partial charge in [0.05, 0.1) is 26.9 Å². The van der Waals surface area contributed by atoms with Gasteiger partial charge in [-0.1, -0.05) is 42.5 Å². The zero-order valence-electron chi connectivity index (χ0n) is 20.5. The highest BCUT2D eigenvalue weighted by atomic mass is 32.2. The molecule has 4 aromatic rings. The van der Waals surface area contributed by atoms with E-state index < -0.39 is 0 Å². The van der Waals surface area contributed by atoms with Crippen LogP contribution < -0.4 is 14.2 Å². The molecule has 4 nitrogen and oxygen atoms in total. The Kier molecular flexibility index (Phi) is 7.33. The first-order chi connectivity index (χ1) is 17.1. The minimum Gasteiger partial charge on any atom is -0.497 e. The zero-order chi connectivity index (χ0) is 24.9. The Morgan fingerprint density at radius 3 is 1.91 bits per heavy atom. The van der Waals surface area contributed by atoms with Gasteiger partial charge in [-0.05, 0) is 65.3 Å². The monoisotopic (exact) mass is 481 g/mol. The minimum absolute atomic E-state index is 0.668. The number of ether oxygens (including phenoxy) is 3. The average molecular weight is 482 g/mol. The lowest BCUT2D eigenvalue weighted by atomic mass is 9.82. The molecule has 0 fully saturated rings. The molecule has 5 heteroatoms. The molecule has 0 radical (unpaired) electrons. The Labute approximate surface area is 211 Å². The molecule has 4 aromatic carbocycles. The van der Waals surface area contributed by atoms with Crippen LogP contribution in [0.25, 0.3) is 33.4 Å². The molecule has 0 saturated heterocycles. The first-order valence-electron chi connectivity index (χ1n) is 11.1. The lowest BCUT2D eigenvalue weighted by molar-refractivity contribution is 0.395. The third-order valence-electron chi connectivity index (χ3n) is 6.14. The Morgan fingerprint density at radius 1 is 0.714 bits per heavy atom. The van der Waals surface area contributed by atoms with Crippen molar-refractivity contribution in [2.24, 2.45) is 0 Å². The summed E-state index contributed by atoms with van der Waals surface area (Å²) in [7, 11) is 4.95. The molecule has 4 rings (SSSR count). The summed E-state index contributed by atoms with van der Waals surface area (Å²) in [5.74, 6) is 2.18. The molecule has 0 heterocycles. The van der Waals surface area contributed by atoms with E-state index in [1.165, 1.54) is 0 Å². The molecular weight excluding hydrogens is 454 g/mol. The van der Waals surface area contributed by atoms with Crippen molar-refractivity contribution in [3.8, 4) is 56.7 Å². The van der Waals surface area contributed by atoms with E-state index >= 15 is 0 Å². The second-order valence-corrected chi connectivity index (χ2v) is 8.75. The predicted molar refractivity (Wildman–Crippen MR) is 144 cm³/mol. The van der Waals surface area contributed by atoms with E-state index in [4.69, 9.17) is 14.2 Å². The van der Waals surface area contributed by atoms with Gasteiger partial charge in [-0.3, -0.25) is 0 Å². The number of thioether (sulfide) groups is 1. The van der Waals surface area contributed by atoms with Crippen molar-refractivity contribution in [2.45, 2.75) is 11.8 Å². The number of hydrogen-bond donors (Lipinski definition) is 0. The normalized spacial score (nSPS) is 10.5. The van der Waals surface area contributed by atoms with Crippen molar-refractivity contribution >= 4 is 11.8 Å². The fourth-order valence-corrected chi connectivity index (χ4v) is 5.28. The third kappa shape index (κ3) is 4.45. The molecular formula is C30H27NO3S. The lowest BCUT2D eigenvalue weighted by Gasteiger charge is -2.24. The van der Waals surface area contributed by atoms with Crippen LogP contribution in [0.4, 0.5) is 0 Å². The molecule has 0 aromatic heterocycles. The molecule has 0 aliphatic carbocycles. The van der Waals surface area contributed by atoms with Crippen molar-refractivity contribution < 1.29 is 14.2 Å². The fraction of sp³-hybridized carbons (Fsp3) is 0.167. The number of benzene rings is 4. The summed E-state index contributed by atoms with van der Waals surface area (Å²) in [5, 5.41) is 10.3. The van der Waals surface area contributed by atoms with Crippen LogP contribution in [-0.4, -0.2) is 27.6 Å². The Morgan fingerprint density at radius 2 is 1.34 bits per heavy atom. The van der Waals surface area contributed by atoms with Crippen LogP contribution in [-0.2, 0) is 0 Å². The SMILES string of the molecule is COc1ccc(-c2c(-c3ccc(OC)cc3OC)c(C)c(C#N)c(SC)c2-c2ccccc2)cc1. The molecule has 0 saturated carbocycles. The molecule has 35 heavy (non-hydrogen) atoms. The van der Waals surface area contributed by atoms with Crippen LogP contribution >= 0.6 is 11.8 Å². The zero-order valence-corrected chi connectivity index (χ0v) is 21.3. The summed E-state index contributed by atoms with van der Waals surface area (Å²) in [6.07, 6.45) is 2.02. The maximum atomic E-state index is 10.3. The molecule has 0 aliphatic rings. The second-order valence-electron chi connectivity index (χ2n) is 7.93. The molecule has 176 valence electrons. The Hall–Kier alpha value is -3.88. The van der Waals surface area contributed by atoms with Gasteiger partial charge in [0.2, 0.25) is 0 Å². The smallest absolute Gasteiger partial charge is 0.130 e. The van der Waals surface area contributed by atoms with Crippen LogP contribution in [0.15, 0.2) is 77.7 Å². The Balaban J connectivity index is 2.22. The first-order valence-corrected chi connectivity index (χ1v) is 12.4. The maximum absolute atomic E-state index is 10.3. The van der Waals surface area contributed by atoms with Crippen molar-refractivity contribution in [1.82, 2.24) is 0 Å². The molecule has 0 atom stereocenters. The number of hydrogen-bond acceptors (Lipinski definition) is 5. The van der Waals surface area contributed by atoms with Gasteiger partial charge in [-0.2, -0.15) is 5.26 Å². The van der Waals surface area contributed by atoms with E-state index in [9.17, 15) is 5.26 Å². The van der Waals surface area contributed by atoms with Crippen molar-refractivity contribution in [2.75, 3.05) is 27.6 Å². The molecule has 0 aliphatic heterocycles. The summed E-state index contributed by atoms with van der Waals surface area (Å²) < 4.78 is 16.7. The Bertz CT molecular complexity index is 1390. The van der Waals surface area contributed by atoms with Crippen molar-refractivity contribution in [3.63, 3.8) is 0 Å². The van der Waals surface area contributed by atoms with Crippen LogP contribution in [0.2, 0.25) is 0 Å². The highest BCUT2D eigenvalue weighted by Gasteiger charge is 2.26. The lowest BCUT2D eigenvalue weighted by Crippen LogP contribution is -2.02. The van der Waals surface area contributed by atoms with Gasteiger partial charge in [-0.15, -0.1) is 11.8 Å². The number of nitriles is 1. The van der Waals surface area contributed by atoms with Crippen LogP contribution in [0, 0.1) is 18.3 Å². The quantitative estimate of drug-likeness (QED) is 0.254. The molecule has 0 bridgehead atoms. The van der Waals surface area contributed by atoms with Gasteiger partial charge < -0.3 is 14.2 Å². The van der Waals surface area contributed by atoms with Gasteiger partial charge in [-0.25, -0.2) is 0 Å². The summed E-state index contributed by atoms with van der Waals surface area (Å²) in [6.45, 7) is 2.01. The van der Waals surface area contributed by atoms with Gasteiger partial charge in [0.1, 0.15) is 23.3 Å². The predicted octanol–water partition coefficient (Wildman–Crippen LogP) is 7.62. The van der Waals surface area contributed by atoms with Crippen LogP contribution in [0.1, 0.15) is 11.1 Å². The highest BCUT2D eigenvalue weighted by molar-refractivity contribution is 7.98. The van der Waals surface area contributed by atoms with E-state index in [0.717, 1.165) is 49.6 Å². The van der Waals surface area contributed by atoms with E-state index in [1.807, 2.05) is 61.7 Å². The van der Waals surface area contributed by atoms with Crippen LogP contribution in [0.3, 0.4) is 0 Å². The number of methoxy groups -OCH3 is 3. The van der Waals surface area contributed by atoms with Gasteiger partial charge in [0.25, 0.3) is 0 Å². The van der Waals surface area contributed by atoms with Crippen LogP contribution in [0.5, 0.6) is 17.2 Å². The van der Waals surface area contributed by atoms with Gasteiger partial charge in [0.15, 0.2) is 0 Å². The first kappa shape index (κ1) is 24.3. The van der Waals surface area contributed by atoms with E-state index in [-0.39, 0.29) is 0 Å². The summed E-state index contributed by atoms with van der Waals surface area (Å²) in [6, 6.07) is 26.6. The van der Waals surface area contributed by atoms with Crippen molar-refractivity contribution in [3.05, 3.63) is 83.9 Å². The second kappa shape index (κ2) is 10.6. The van der Waals surface area contributed by atoms with E-state index in [0.29, 0.717) is 17.1 Å². The maximum Gasteiger partial charge on any atom is 0.130 e. The van der Waals surface area contributed by atoms with E-state index in [1.54, 1.807) is 33.1 Å².